The Hall–Kier alpha value is -1.79. The minimum absolute atomic E-state index is 0.0907. The van der Waals surface area contributed by atoms with E-state index in [-0.39, 0.29) is 12.6 Å². The van der Waals surface area contributed by atoms with Crippen molar-refractivity contribution in [1.29, 1.82) is 5.26 Å². The van der Waals surface area contributed by atoms with Gasteiger partial charge in [-0.1, -0.05) is 0 Å². The van der Waals surface area contributed by atoms with Crippen LogP contribution in [-0.4, -0.2) is 25.4 Å². The van der Waals surface area contributed by atoms with Crippen LogP contribution in [0.15, 0.2) is 25.2 Å². The molecule has 21 heavy (non-hydrogen) atoms. The largest absolute Gasteiger partial charge is 0.490 e. The number of nitrogens with two attached hydrogens (primary N) is 2. The van der Waals surface area contributed by atoms with E-state index in [1.54, 1.807) is 6.07 Å². The minimum atomic E-state index is -0.138. The molecule has 0 aromatic heterocycles. The van der Waals surface area contributed by atoms with Gasteiger partial charge in [0.05, 0.1) is 17.3 Å². The zero-order chi connectivity index (χ0) is 15.8. The van der Waals surface area contributed by atoms with Crippen LogP contribution in [0.5, 0.6) is 11.5 Å². The number of nitriles is 1. The summed E-state index contributed by atoms with van der Waals surface area (Å²) in [6.07, 6.45) is 1.46. The van der Waals surface area contributed by atoms with E-state index in [2.05, 4.69) is 42.1 Å². The highest BCUT2D eigenvalue weighted by Gasteiger charge is 2.16. The normalized spacial score (nSPS) is 10.2. The van der Waals surface area contributed by atoms with Crippen LogP contribution in [0, 0.1) is 11.3 Å². The van der Waals surface area contributed by atoms with Crippen molar-refractivity contribution in [2.75, 3.05) is 13.2 Å². The Labute approximate surface area is 138 Å². The molecule has 0 saturated carbocycles. The SMILES string of the molecule is CCOc1cc(C=NN=C(N)N)c(Br)c(Br)c1OCC#N. The third-order valence-electron chi connectivity index (χ3n) is 2.11. The van der Waals surface area contributed by atoms with Gasteiger partial charge in [-0.15, -0.1) is 5.10 Å². The Morgan fingerprint density at radius 2 is 2.10 bits per heavy atom. The molecule has 1 aromatic rings. The Balaban J connectivity index is 3.26. The second kappa shape index (κ2) is 8.49. The molecule has 0 aliphatic carbocycles. The molecule has 0 aliphatic heterocycles. The van der Waals surface area contributed by atoms with Gasteiger partial charge in [-0.25, -0.2) is 0 Å². The molecule has 0 radical (unpaired) electrons. The summed E-state index contributed by atoms with van der Waals surface area (Å²) in [5, 5.41) is 15.9. The number of hydrogen-bond acceptors (Lipinski definition) is 5. The predicted molar refractivity (Wildman–Crippen MR) is 87.5 cm³/mol. The summed E-state index contributed by atoms with van der Waals surface area (Å²) in [5.41, 5.74) is 11.1. The average molecular weight is 419 g/mol. The maximum atomic E-state index is 8.63. The van der Waals surface area contributed by atoms with Crippen LogP contribution >= 0.6 is 31.9 Å². The molecule has 0 fully saturated rings. The highest BCUT2D eigenvalue weighted by molar-refractivity contribution is 9.13. The van der Waals surface area contributed by atoms with Crippen LogP contribution in [0.2, 0.25) is 0 Å². The molecule has 1 aromatic carbocycles. The molecule has 9 heteroatoms. The van der Waals surface area contributed by atoms with Crippen molar-refractivity contribution in [1.82, 2.24) is 0 Å². The van der Waals surface area contributed by atoms with Crippen molar-refractivity contribution in [2.24, 2.45) is 21.7 Å². The fourth-order valence-corrected chi connectivity index (χ4v) is 2.29. The molecule has 0 amide bonds. The number of guanidine groups is 1. The summed E-state index contributed by atoms with van der Waals surface area (Å²) in [7, 11) is 0. The first-order valence-corrected chi connectivity index (χ1v) is 7.36. The quantitative estimate of drug-likeness (QED) is 0.416. The van der Waals surface area contributed by atoms with Gasteiger partial charge < -0.3 is 20.9 Å². The predicted octanol–water partition coefficient (Wildman–Crippen LogP) is 2.12. The smallest absolute Gasteiger partial charge is 0.211 e. The lowest BCUT2D eigenvalue weighted by Crippen LogP contribution is -2.21. The van der Waals surface area contributed by atoms with Crippen molar-refractivity contribution >= 4 is 44.0 Å². The summed E-state index contributed by atoms with van der Waals surface area (Å²) in [4.78, 5) is 0. The number of hydrogen-bond donors (Lipinski definition) is 2. The number of benzene rings is 1. The summed E-state index contributed by atoms with van der Waals surface area (Å²) >= 11 is 6.80. The van der Waals surface area contributed by atoms with E-state index in [0.29, 0.717) is 32.6 Å². The van der Waals surface area contributed by atoms with Crippen LogP contribution in [-0.2, 0) is 0 Å². The van der Waals surface area contributed by atoms with Gasteiger partial charge >= 0.3 is 0 Å². The Morgan fingerprint density at radius 3 is 2.67 bits per heavy atom. The van der Waals surface area contributed by atoms with E-state index < -0.39 is 0 Å². The molecule has 0 heterocycles. The van der Waals surface area contributed by atoms with Crippen LogP contribution in [0.4, 0.5) is 0 Å². The molecule has 0 spiro atoms. The van der Waals surface area contributed by atoms with Gasteiger partial charge in [-0.05, 0) is 44.8 Å². The van der Waals surface area contributed by atoms with Gasteiger partial charge in [0.15, 0.2) is 18.1 Å². The zero-order valence-corrected chi connectivity index (χ0v) is 14.3. The van der Waals surface area contributed by atoms with Crippen molar-refractivity contribution < 1.29 is 9.47 Å². The molecule has 4 N–H and O–H groups in total. The molecule has 0 unspecified atom stereocenters. The fourth-order valence-electron chi connectivity index (χ4n) is 1.36. The van der Waals surface area contributed by atoms with Gasteiger partial charge in [0.25, 0.3) is 0 Å². The van der Waals surface area contributed by atoms with E-state index in [1.165, 1.54) is 6.21 Å². The molecule has 0 saturated heterocycles. The minimum Gasteiger partial charge on any atom is -0.490 e. The third kappa shape index (κ3) is 4.91. The molecule has 112 valence electrons. The molecular weight excluding hydrogens is 406 g/mol. The Kier molecular flexibility index (Phi) is 6.98. The van der Waals surface area contributed by atoms with Gasteiger partial charge in [0, 0.05) is 10.0 Å². The third-order valence-corrected chi connectivity index (χ3v) is 4.25. The number of halogens is 2. The lowest BCUT2D eigenvalue weighted by atomic mass is 10.2. The van der Waals surface area contributed by atoms with Crippen molar-refractivity contribution in [2.45, 2.75) is 6.92 Å². The summed E-state index contributed by atoms with van der Waals surface area (Å²) in [6.45, 7) is 2.20. The second-order valence-electron chi connectivity index (χ2n) is 3.57. The van der Waals surface area contributed by atoms with Gasteiger partial charge in [0.1, 0.15) is 6.07 Å². The second-order valence-corrected chi connectivity index (χ2v) is 5.16. The van der Waals surface area contributed by atoms with E-state index in [4.69, 9.17) is 26.2 Å². The molecule has 7 nitrogen and oxygen atoms in total. The van der Waals surface area contributed by atoms with E-state index >= 15 is 0 Å². The fraction of sp³-hybridized carbons (Fsp3) is 0.250. The molecule has 0 atom stereocenters. The van der Waals surface area contributed by atoms with Crippen molar-refractivity contribution in [3.05, 3.63) is 20.6 Å². The number of rotatable bonds is 6. The van der Waals surface area contributed by atoms with Crippen LogP contribution in [0.25, 0.3) is 0 Å². The monoisotopic (exact) mass is 417 g/mol. The number of ether oxygens (including phenoxy) is 2. The van der Waals surface area contributed by atoms with Crippen molar-refractivity contribution in [3.63, 3.8) is 0 Å². The lowest BCUT2D eigenvalue weighted by Gasteiger charge is -2.14. The summed E-state index contributed by atoms with van der Waals surface area (Å²) in [5.74, 6) is 0.777. The summed E-state index contributed by atoms with van der Waals surface area (Å²) in [6, 6.07) is 3.61. The average Bonchev–Trinajstić information content (AvgIpc) is 2.43. The van der Waals surface area contributed by atoms with Crippen LogP contribution in [0.1, 0.15) is 12.5 Å². The van der Waals surface area contributed by atoms with E-state index in [1.807, 2.05) is 13.0 Å². The van der Waals surface area contributed by atoms with Gasteiger partial charge in [-0.3, -0.25) is 0 Å². The van der Waals surface area contributed by atoms with E-state index in [0.717, 1.165) is 0 Å². The molecule has 1 rings (SSSR count). The maximum Gasteiger partial charge on any atom is 0.211 e. The first kappa shape index (κ1) is 17.3. The van der Waals surface area contributed by atoms with Gasteiger partial charge in [0.2, 0.25) is 5.96 Å². The van der Waals surface area contributed by atoms with Crippen LogP contribution in [0.3, 0.4) is 0 Å². The highest BCUT2D eigenvalue weighted by atomic mass is 79.9. The maximum absolute atomic E-state index is 8.63. The number of nitrogens with zero attached hydrogens (tertiary/aromatic N) is 3. The molecular formula is C12H13Br2N5O2. The topological polar surface area (TPSA) is 119 Å². The summed E-state index contributed by atoms with van der Waals surface area (Å²) < 4.78 is 12.2. The lowest BCUT2D eigenvalue weighted by molar-refractivity contribution is 0.297. The van der Waals surface area contributed by atoms with Crippen molar-refractivity contribution in [3.8, 4) is 17.6 Å². The highest BCUT2D eigenvalue weighted by Crippen LogP contribution is 2.42. The first-order chi connectivity index (χ1) is 10.0. The first-order valence-electron chi connectivity index (χ1n) is 5.77. The van der Waals surface area contributed by atoms with E-state index in [9.17, 15) is 0 Å². The molecule has 0 bridgehead atoms. The zero-order valence-electron chi connectivity index (χ0n) is 11.1. The standard InChI is InChI=1S/C12H13Br2N5O2/c1-2-20-8-5-7(6-18-19-12(16)17)9(13)10(14)11(8)21-4-3-15/h5-6H,2,4H2,1H3,(H4,16,17,19). The molecule has 0 aliphatic rings. The Morgan fingerprint density at radius 1 is 1.38 bits per heavy atom. The van der Waals surface area contributed by atoms with Gasteiger partial charge in [-0.2, -0.15) is 10.4 Å². The Bertz CT molecular complexity index is 607. The van der Waals surface area contributed by atoms with Crippen LogP contribution < -0.4 is 20.9 Å².